The van der Waals surface area contributed by atoms with Gasteiger partial charge in [-0.15, -0.1) is 0 Å². The van der Waals surface area contributed by atoms with Crippen molar-refractivity contribution in [2.45, 2.75) is 97.5 Å². The van der Waals surface area contributed by atoms with Gasteiger partial charge in [-0.05, 0) is 38.5 Å². The van der Waals surface area contributed by atoms with Crippen LogP contribution in [0.3, 0.4) is 0 Å². The SMILES string of the molecule is CCCCCC(CCCCC)COC(=O)CCCC(C)O. The molecule has 0 heterocycles. The number of rotatable bonds is 14. The molecule has 0 rings (SSSR count). The second-order valence-corrected chi connectivity index (χ2v) is 6.28. The van der Waals surface area contributed by atoms with Crippen LogP contribution >= 0.6 is 0 Å². The van der Waals surface area contributed by atoms with Crippen molar-refractivity contribution in [3.63, 3.8) is 0 Å². The molecule has 0 radical (unpaired) electrons. The van der Waals surface area contributed by atoms with Gasteiger partial charge in [0.15, 0.2) is 0 Å². The van der Waals surface area contributed by atoms with Crippen LogP contribution < -0.4 is 0 Å². The highest BCUT2D eigenvalue weighted by molar-refractivity contribution is 5.69. The van der Waals surface area contributed by atoms with E-state index in [9.17, 15) is 9.90 Å². The van der Waals surface area contributed by atoms with E-state index in [-0.39, 0.29) is 12.1 Å². The zero-order valence-electron chi connectivity index (χ0n) is 14.4. The molecule has 0 aromatic rings. The summed E-state index contributed by atoms with van der Waals surface area (Å²) in [5.74, 6) is 0.426. The first-order valence-electron chi connectivity index (χ1n) is 8.93. The molecule has 21 heavy (non-hydrogen) atoms. The Balaban J connectivity index is 3.87. The van der Waals surface area contributed by atoms with E-state index in [1.54, 1.807) is 6.92 Å². The van der Waals surface area contributed by atoms with Gasteiger partial charge < -0.3 is 9.84 Å². The third kappa shape index (κ3) is 14.1. The van der Waals surface area contributed by atoms with E-state index in [0.717, 1.165) is 0 Å². The van der Waals surface area contributed by atoms with Crippen LogP contribution in [0.2, 0.25) is 0 Å². The molecule has 126 valence electrons. The van der Waals surface area contributed by atoms with Crippen LogP contribution in [-0.2, 0) is 9.53 Å². The molecule has 1 unspecified atom stereocenters. The van der Waals surface area contributed by atoms with E-state index < -0.39 is 0 Å². The van der Waals surface area contributed by atoms with E-state index in [1.165, 1.54) is 51.4 Å². The summed E-state index contributed by atoms with van der Waals surface area (Å²) in [4.78, 5) is 11.7. The molecule has 3 nitrogen and oxygen atoms in total. The predicted molar refractivity (Wildman–Crippen MR) is 88.3 cm³/mol. The summed E-state index contributed by atoms with van der Waals surface area (Å²) < 4.78 is 5.43. The van der Waals surface area contributed by atoms with Crippen LogP contribution in [0.15, 0.2) is 0 Å². The number of esters is 1. The van der Waals surface area contributed by atoms with Crippen molar-refractivity contribution in [1.82, 2.24) is 0 Å². The molecular formula is C18H36O3. The Labute approximate surface area is 131 Å². The summed E-state index contributed by atoms with van der Waals surface area (Å²) >= 11 is 0. The van der Waals surface area contributed by atoms with Gasteiger partial charge >= 0.3 is 5.97 Å². The smallest absolute Gasteiger partial charge is 0.305 e. The van der Waals surface area contributed by atoms with Gasteiger partial charge in [0.2, 0.25) is 0 Å². The first kappa shape index (κ1) is 20.4. The highest BCUT2D eigenvalue weighted by atomic mass is 16.5. The number of hydrogen-bond acceptors (Lipinski definition) is 3. The quantitative estimate of drug-likeness (QED) is 0.368. The van der Waals surface area contributed by atoms with E-state index >= 15 is 0 Å². The summed E-state index contributed by atoms with van der Waals surface area (Å²) in [6, 6.07) is 0. The highest BCUT2D eigenvalue weighted by Crippen LogP contribution is 2.18. The average molecular weight is 300 g/mol. The van der Waals surface area contributed by atoms with Crippen LogP contribution in [0.4, 0.5) is 0 Å². The molecular weight excluding hydrogens is 264 g/mol. The van der Waals surface area contributed by atoms with Crippen molar-refractivity contribution in [3.05, 3.63) is 0 Å². The maximum absolute atomic E-state index is 11.7. The van der Waals surface area contributed by atoms with Gasteiger partial charge in [-0.3, -0.25) is 4.79 Å². The van der Waals surface area contributed by atoms with Gasteiger partial charge in [-0.2, -0.15) is 0 Å². The summed E-state index contributed by atoms with van der Waals surface area (Å²) in [6.07, 6.45) is 11.4. The molecule has 0 spiro atoms. The van der Waals surface area contributed by atoms with Gasteiger partial charge in [0.25, 0.3) is 0 Å². The van der Waals surface area contributed by atoms with E-state index in [4.69, 9.17) is 4.74 Å². The lowest BCUT2D eigenvalue weighted by atomic mass is 9.96. The van der Waals surface area contributed by atoms with E-state index in [0.29, 0.717) is 31.8 Å². The summed E-state index contributed by atoms with van der Waals surface area (Å²) in [7, 11) is 0. The van der Waals surface area contributed by atoms with Gasteiger partial charge in [0.1, 0.15) is 0 Å². The van der Waals surface area contributed by atoms with E-state index in [2.05, 4.69) is 13.8 Å². The van der Waals surface area contributed by atoms with Gasteiger partial charge in [-0.1, -0.05) is 52.4 Å². The number of hydrogen-bond donors (Lipinski definition) is 1. The molecule has 0 fully saturated rings. The molecule has 0 aromatic carbocycles. The van der Waals surface area contributed by atoms with Crippen LogP contribution in [-0.4, -0.2) is 23.8 Å². The van der Waals surface area contributed by atoms with Gasteiger partial charge in [-0.25, -0.2) is 0 Å². The second kappa shape index (κ2) is 14.4. The Kier molecular flexibility index (Phi) is 14.0. The van der Waals surface area contributed by atoms with Crippen LogP contribution in [0.1, 0.15) is 91.4 Å². The topological polar surface area (TPSA) is 46.5 Å². The summed E-state index contributed by atoms with van der Waals surface area (Å²) in [6.45, 7) is 6.77. The zero-order chi connectivity index (χ0) is 15.9. The molecule has 0 saturated carbocycles. The Hall–Kier alpha value is -0.570. The van der Waals surface area contributed by atoms with Crippen molar-refractivity contribution >= 4 is 5.97 Å². The van der Waals surface area contributed by atoms with E-state index in [1.807, 2.05) is 0 Å². The summed E-state index contributed by atoms with van der Waals surface area (Å²) in [5.41, 5.74) is 0. The molecule has 0 aromatic heterocycles. The predicted octanol–water partition coefficient (Wildman–Crippen LogP) is 4.86. The molecule has 0 aliphatic rings. The normalized spacial score (nSPS) is 12.6. The lowest BCUT2D eigenvalue weighted by Gasteiger charge is -2.17. The highest BCUT2D eigenvalue weighted by Gasteiger charge is 2.12. The monoisotopic (exact) mass is 300 g/mol. The molecule has 0 saturated heterocycles. The van der Waals surface area contributed by atoms with Crippen molar-refractivity contribution < 1.29 is 14.6 Å². The van der Waals surface area contributed by atoms with Crippen LogP contribution in [0.25, 0.3) is 0 Å². The molecule has 0 bridgehead atoms. The molecule has 0 amide bonds. The third-order valence-electron chi connectivity index (χ3n) is 3.91. The first-order chi connectivity index (χ1) is 10.1. The Bertz CT molecular complexity index is 229. The molecule has 3 heteroatoms. The van der Waals surface area contributed by atoms with Crippen molar-refractivity contribution in [3.8, 4) is 0 Å². The standard InChI is InChI=1S/C18H36O3/c1-4-6-8-12-17(13-9-7-5-2)15-21-18(20)14-10-11-16(3)19/h16-17,19H,4-15H2,1-3H3. The fraction of sp³-hybridized carbons (Fsp3) is 0.944. The lowest BCUT2D eigenvalue weighted by Crippen LogP contribution is -2.15. The number of ether oxygens (including phenoxy) is 1. The third-order valence-corrected chi connectivity index (χ3v) is 3.91. The molecule has 0 aliphatic heterocycles. The van der Waals surface area contributed by atoms with Gasteiger partial charge in [0.05, 0.1) is 12.7 Å². The van der Waals surface area contributed by atoms with Crippen molar-refractivity contribution in [2.75, 3.05) is 6.61 Å². The number of unbranched alkanes of at least 4 members (excludes halogenated alkanes) is 4. The Morgan fingerprint density at radius 3 is 2.00 bits per heavy atom. The largest absolute Gasteiger partial charge is 0.465 e. The Morgan fingerprint density at radius 2 is 1.52 bits per heavy atom. The Morgan fingerprint density at radius 1 is 0.952 bits per heavy atom. The number of aliphatic hydroxyl groups is 1. The lowest BCUT2D eigenvalue weighted by molar-refractivity contribution is -0.145. The van der Waals surface area contributed by atoms with Gasteiger partial charge in [0, 0.05) is 6.42 Å². The number of aliphatic hydroxyl groups excluding tert-OH is 1. The second-order valence-electron chi connectivity index (χ2n) is 6.28. The minimum atomic E-state index is -0.325. The minimum Gasteiger partial charge on any atom is -0.465 e. The maximum Gasteiger partial charge on any atom is 0.305 e. The van der Waals surface area contributed by atoms with Crippen LogP contribution in [0.5, 0.6) is 0 Å². The maximum atomic E-state index is 11.7. The number of carbonyl (C=O) groups excluding carboxylic acids is 1. The fourth-order valence-corrected chi connectivity index (χ4v) is 2.50. The molecule has 0 aliphatic carbocycles. The first-order valence-corrected chi connectivity index (χ1v) is 8.93. The van der Waals surface area contributed by atoms with Crippen LogP contribution in [0, 0.1) is 5.92 Å². The van der Waals surface area contributed by atoms with Crippen molar-refractivity contribution in [2.24, 2.45) is 5.92 Å². The zero-order valence-corrected chi connectivity index (χ0v) is 14.4. The minimum absolute atomic E-state index is 0.105. The molecule has 1 N–H and O–H groups in total. The van der Waals surface area contributed by atoms with Crippen molar-refractivity contribution in [1.29, 1.82) is 0 Å². The molecule has 1 atom stereocenters. The average Bonchev–Trinajstić information content (AvgIpc) is 2.44. The summed E-state index contributed by atoms with van der Waals surface area (Å²) in [5, 5.41) is 9.17. The number of carbonyl (C=O) groups is 1. The fourth-order valence-electron chi connectivity index (χ4n) is 2.50.